The van der Waals surface area contributed by atoms with E-state index in [1.165, 1.54) is 10.4 Å². The first-order valence-electron chi connectivity index (χ1n) is 7.07. The van der Waals surface area contributed by atoms with Gasteiger partial charge in [0.05, 0.1) is 10.5 Å². The number of piperidine rings is 1. The molecule has 2 rings (SSSR count). The van der Waals surface area contributed by atoms with Gasteiger partial charge in [-0.2, -0.15) is 17.5 Å². The van der Waals surface area contributed by atoms with Crippen LogP contribution in [0.5, 0.6) is 0 Å². The van der Waals surface area contributed by atoms with Gasteiger partial charge in [0.2, 0.25) is 10.0 Å². The Morgan fingerprint density at radius 3 is 2.65 bits per heavy atom. The summed E-state index contributed by atoms with van der Waals surface area (Å²) in [6, 6.07) is 3.92. The van der Waals surface area contributed by atoms with Crippen molar-refractivity contribution in [2.24, 2.45) is 5.92 Å². The zero-order valence-electron chi connectivity index (χ0n) is 12.6. The Kier molecular flexibility index (Phi) is 6.88. The number of hydrogen-bond donors (Lipinski definition) is 1. The summed E-state index contributed by atoms with van der Waals surface area (Å²) in [5.41, 5.74) is -0.947. The topological polar surface area (TPSA) is 49.4 Å². The van der Waals surface area contributed by atoms with Gasteiger partial charge >= 0.3 is 6.18 Å². The number of rotatable bonds is 4. The fraction of sp³-hybridized carbons (Fsp3) is 0.571. The van der Waals surface area contributed by atoms with Crippen LogP contribution >= 0.6 is 12.4 Å². The van der Waals surface area contributed by atoms with Crippen LogP contribution in [0.1, 0.15) is 18.4 Å². The SMILES string of the molecule is CNCC1CCCN(S(=O)(=O)c2cccc(C(F)(F)F)c2)C1.Cl. The van der Waals surface area contributed by atoms with Crippen LogP contribution in [0.15, 0.2) is 29.2 Å². The molecule has 1 aromatic rings. The molecular formula is C14H20ClF3N2O2S. The molecular weight excluding hydrogens is 353 g/mol. The summed E-state index contributed by atoms with van der Waals surface area (Å²) in [5, 5.41) is 3.01. The van der Waals surface area contributed by atoms with Gasteiger partial charge in [-0.25, -0.2) is 8.42 Å². The summed E-state index contributed by atoms with van der Waals surface area (Å²) in [6.07, 6.45) is -2.93. The van der Waals surface area contributed by atoms with Crippen molar-refractivity contribution in [1.82, 2.24) is 9.62 Å². The lowest BCUT2D eigenvalue weighted by atomic mass is 10.00. The average molecular weight is 373 g/mol. The smallest absolute Gasteiger partial charge is 0.319 e. The summed E-state index contributed by atoms with van der Waals surface area (Å²) in [6.45, 7) is 1.37. The third kappa shape index (κ3) is 4.82. The van der Waals surface area contributed by atoms with E-state index in [0.717, 1.165) is 18.6 Å². The molecule has 1 heterocycles. The molecule has 1 aromatic carbocycles. The Balaban J connectivity index is 0.00000264. The standard InChI is InChI=1S/C14H19F3N2O2S.ClH/c1-18-9-11-4-3-7-19(10-11)22(20,21)13-6-2-5-12(8-13)14(15,16)17;/h2,5-6,8,11,18H,3-4,7,9-10H2,1H3;1H. The zero-order valence-corrected chi connectivity index (χ0v) is 14.3. The quantitative estimate of drug-likeness (QED) is 0.884. The average Bonchev–Trinajstić information content (AvgIpc) is 2.47. The highest BCUT2D eigenvalue weighted by molar-refractivity contribution is 7.89. The van der Waals surface area contributed by atoms with Crippen molar-refractivity contribution in [3.8, 4) is 0 Å². The van der Waals surface area contributed by atoms with E-state index in [1.54, 1.807) is 7.05 Å². The highest BCUT2D eigenvalue weighted by Crippen LogP contribution is 2.31. The molecule has 1 aliphatic rings. The van der Waals surface area contributed by atoms with Crippen molar-refractivity contribution in [2.75, 3.05) is 26.7 Å². The van der Waals surface area contributed by atoms with Crippen molar-refractivity contribution in [3.05, 3.63) is 29.8 Å². The summed E-state index contributed by atoms with van der Waals surface area (Å²) in [7, 11) is -2.10. The predicted molar refractivity (Wildman–Crippen MR) is 84.1 cm³/mol. The molecule has 1 saturated heterocycles. The minimum Gasteiger partial charge on any atom is -0.319 e. The summed E-state index contributed by atoms with van der Waals surface area (Å²) >= 11 is 0. The predicted octanol–water partition coefficient (Wildman–Crippen LogP) is 2.75. The van der Waals surface area contributed by atoms with E-state index >= 15 is 0 Å². The third-order valence-corrected chi connectivity index (χ3v) is 5.63. The first-order valence-corrected chi connectivity index (χ1v) is 8.51. The summed E-state index contributed by atoms with van der Waals surface area (Å²) < 4.78 is 64.6. The van der Waals surface area contributed by atoms with E-state index in [2.05, 4.69) is 5.32 Å². The van der Waals surface area contributed by atoms with Gasteiger partial charge in [0.15, 0.2) is 0 Å². The number of nitrogens with zero attached hydrogens (tertiary/aromatic N) is 1. The minimum atomic E-state index is -4.55. The van der Waals surface area contributed by atoms with E-state index in [0.29, 0.717) is 32.1 Å². The molecule has 0 bridgehead atoms. The number of sulfonamides is 1. The molecule has 1 atom stereocenters. The van der Waals surface area contributed by atoms with Crippen molar-refractivity contribution in [3.63, 3.8) is 0 Å². The van der Waals surface area contributed by atoms with E-state index in [9.17, 15) is 21.6 Å². The molecule has 0 radical (unpaired) electrons. The maximum Gasteiger partial charge on any atom is 0.416 e. The van der Waals surface area contributed by atoms with Crippen LogP contribution in [-0.2, 0) is 16.2 Å². The molecule has 132 valence electrons. The van der Waals surface area contributed by atoms with Crippen LogP contribution < -0.4 is 5.32 Å². The molecule has 0 saturated carbocycles. The van der Waals surface area contributed by atoms with Gasteiger partial charge in [0.1, 0.15) is 0 Å². The summed E-state index contributed by atoms with van der Waals surface area (Å²) in [4.78, 5) is -0.299. The Morgan fingerprint density at radius 2 is 2.04 bits per heavy atom. The normalized spacial score (nSPS) is 20.1. The molecule has 9 heteroatoms. The summed E-state index contributed by atoms with van der Waals surface area (Å²) in [5.74, 6) is 0.180. The lowest BCUT2D eigenvalue weighted by molar-refractivity contribution is -0.137. The monoisotopic (exact) mass is 372 g/mol. The molecule has 0 aliphatic carbocycles. The largest absolute Gasteiger partial charge is 0.416 e. The van der Waals surface area contributed by atoms with Crippen molar-refractivity contribution in [2.45, 2.75) is 23.9 Å². The zero-order chi connectivity index (χ0) is 16.4. The molecule has 1 fully saturated rings. The van der Waals surface area contributed by atoms with Crippen LogP contribution in [0, 0.1) is 5.92 Å². The lowest BCUT2D eigenvalue weighted by Crippen LogP contribution is -2.42. The number of halogens is 4. The Hall–Kier alpha value is -0.830. The number of alkyl halides is 3. The molecule has 0 spiro atoms. The van der Waals surface area contributed by atoms with Crippen LogP contribution in [-0.4, -0.2) is 39.4 Å². The van der Waals surface area contributed by atoms with Gasteiger partial charge in [0.25, 0.3) is 0 Å². The van der Waals surface area contributed by atoms with Gasteiger partial charge in [-0.05, 0) is 50.6 Å². The van der Waals surface area contributed by atoms with Crippen molar-refractivity contribution >= 4 is 22.4 Å². The third-order valence-electron chi connectivity index (χ3n) is 3.77. The Bertz CT molecular complexity index is 621. The number of nitrogens with one attached hydrogen (secondary N) is 1. The minimum absolute atomic E-state index is 0. The van der Waals surface area contributed by atoms with Crippen LogP contribution in [0.4, 0.5) is 13.2 Å². The van der Waals surface area contributed by atoms with Crippen LogP contribution in [0.25, 0.3) is 0 Å². The molecule has 1 N–H and O–H groups in total. The maximum absolute atomic E-state index is 12.7. The first-order chi connectivity index (χ1) is 10.2. The van der Waals surface area contributed by atoms with Gasteiger partial charge < -0.3 is 5.32 Å². The first kappa shape index (κ1) is 20.2. The van der Waals surface area contributed by atoms with E-state index in [4.69, 9.17) is 0 Å². The fourth-order valence-electron chi connectivity index (χ4n) is 2.68. The van der Waals surface area contributed by atoms with Crippen molar-refractivity contribution in [1.29, 1.82) is 0 Å². The second-order valence-electron chi connectivity index (χ2n) is 5.45. The molecule has 0 amide bonds. The second kappa shape index (κ2) is 7.83. The number of benzene rings is 1. The van der Waals surface area contributed by atoms with Crippen molar-refractivity contribution < 1.29 is 21.6 Å². The molecule has 1 unspecified atom stereocenters. The highest BCUT2D eigenvalue weighted by Gasteiger charge is 2.34. The Labute approximate surface area is 140 Å². The molecule has 23 heavy (non-hydrogen) atoms. The maximum atomic E-state index is 12.7. The second-order valence-corrected chi connectivity index (χ2v) is 7.39. The van der Waals surface area contributed by atoms with E-state index in [-0.39, 0.29) is 23.2 Å². The fourth-order valence-corrected chi connectivity index (χ4v) is 4.28. The van der Waals surface area contributed by atoms with Gasteiger partial charge in [0, 0.05) is 13.1 Å². The van der Waals surface area contributed by atoms with Gasteiger partial charge in [-0.15, -0.1) is 12.4 Å². The van der Waals surface area contributed by atoms with Crippen LogP contribution in [0.3, 0.4) is 0 Å². The molecule has 4 nitrogen and oxygen atoms in total. The van der Waals surface area contributed by atoms with Gasteiger partial charge in [-0.3, -0.25) is 0 Å². The van der Waals surface area contributed by atoms with Crippen LogP contribution in [0.2, 0.25) is 0 Å². The number of hydrogen-bond acceptors (Lipinski definition) is 3. The highest BCUT2D eigenvalue weighted by atomic mass is 35.5. The molecule has 1 aliphatic heterocycles. The van der Waals surface area contributed by atoms with E-state index < -0.39 is 21.8 Å². The van der Waals surface area contributed by atoms with Gasteiger partial charge in [-0.1, -0.05) is 6.07 Å². The molecule has 0 aromatic heterocycles. The van der Waals surface area contributed by atoms with E-state index in [1.807, 2.05) is 0 Å². The lowest BCUT2D eigenvalue weighted by Gasteiger charge is -2.32. The Morgan fingerprint density at radius 1 is 1.35 bits per heavy atom.